The summed E-state index contributed by atoms with van der Waals surface area (Å²) in [4.78, 5) is 0.120. The predicted octanol–water partition coefficient (Wildman–Crippen LogP) is -0.655. The van der Waals surface area contributed by atoms with Gasteiger partial charge in [-0.2, -0.15) is 0 Å². The first-order valence-corrected chi connectivity index (χ1v) is 4.90. The summed E-state index contributed by atoms with van der Waals surface area (Å²) < 4.78 is 21.6. The molecule has 0 radical (unpaired) electrons. The van der Waals surface area contributed by atoms with Crippen LogP contribution in [-0.4, -0.2) is 8.76 Å². The summed E-state index contributed by atoms with van der Waals surface area (Å²) in [5, 5.41) is 0.229. The fourth-order valence-corrected chi connectivity index (χ4v) is 1.87. The summed E-state index contributed by atoms with van der Waals surface area (Å²) in [6.07, 6.45) is 0. The molecule has 12 heavy (non-hydrogen) atoms. The Kier molecular flexibility index (Phi) is 6.28. The molecule has 0 aliphatic carbocycles. The Balaban J connectivity index is 0.00000121. The van der Waals surface area contributed by atoms with E-state index in [4.69, 9.17) is 11.6 Å². The maximum Gasteiger partial charge on any atom is 1.00 e. The molecule has 1 atom stereocenters. The minimum Gasteiger partial charge on any atom is -0.768 e. The number of hydrogen-bond acceptors (Lipinski definition) is 2. The molecule has 0 saturated heterocycles. The van der Waals surface area contributed by atoms with Gasteiger partial charge in [0.25, 0.3) is 0 Å². The van der Waals surface area contributed by atoms with Crippen LogP contribution in [0.5, 0.6) is 0 Å². The maximum atomic E-state index is 10.4. The summed E-state index contributed by atoms with van der Waals surface area (Å²) in [5.74, 6) is 0. The van der Waals surface area contributed by atoms with Crippen molar-refractivity contribution in [1.82, 2.24) is 0 Å². The van der Waals surface area contributed by atoms with Gasteiger partial charge in [-0.05, 0) is 29.3 Å². The second-order valence-electron chi connectivity index (χ2n) is 1.81. The zero-order chi connectivity index (χ0) is 8.43. The first kappa shape index (κ1) is 13.1. The van der Waals surface area contributed by atoms with Crippen LogP contribution in [0, 0.1) is 0 Å². The van der Waals surface area contributed by atoms with Crippen molar-refractivity contribution >= 4 is 38.6 Å². The van der Waals surface area contributed by atoms with Gasteiger partial charge in [0.1, 0.15) is 0 Å². The molecule has 0 fully saturated rings. The summed E-state index contributed by atoms with van der Waals surface area (Å²) >= 11 is 6.51. The van der Waals surface area contributed by atoms with Crippen LogP contribution in [0.25, 0.3) is 0 Å². The van der Waals surface area contributed by atoms with E-state index in [2.05, 4.69) is 15.9 Å². The second-order valence-corrected chi connectivity index (χ2v) is 4.04. The molecule has 0 amide bonds. The first-order chi connectivity index (χ1) is 5.11. The molecule has 1 aromatic rings. The van der Waals surface area contributed by atoms with Gasteiger partial charge in [-0.15, -0.1) is 0 Å². The van der Waals surface area contributed by atoms with Gasteiger partial charge >= 0.3 is 29.6 Å². The average molecular weight is 278 g/mol. The van der Waals surface area contributed by atoms with Crippen LogP contribution in [0.3, 0.4) is 0 Å². The van der Waals surface area contributed by atoms with Crippen molar-refractivity contribution in [3.8, 4) is 0 Å². The summed E-state index contributed by atoms with van der Waals surface area (Å²) in [5.41, 5.74) is 0. The molecule has 60 valence electrons. The van der Waals surface area contributed by atoms with Gasteiger partial charge in [0, 0.05) is 9.37 Å². The van der Waals surface area contributed by atoms with Crippen LogP contribution in [0.15, 0.2) is 27.6 Å². The maximum absolute atomic E-state index is 10.4. The van der Waals surface area contributed by atoms with Crippen molar-refractivity contribution in [3.05, 3.63) is 27.7 Å². The molecule has 1 aromatic carbocycles. The van der Waals surface area contributed by atoms with Crippen molar-refractivity contribution in [2.75, 3.05) is 0 Å². The van der Waals surface area contributed by atoms with Crippen molar-refractivity contribution in [1.29, 1.82) is 0 Å². The largest absolute Gasteiger partial charge is 1.00 e. The van der Waals surface area contributed by atoms with Gasteiger partial charge in [0.15, 0.2) is 0 Å². The Morgan fingerprint density at radius 2 is 2.08 bits per heavy atom. The molecular weight excluding hydrogens is 274 g/mol. The molecule has 0 aliphatic heterocycles. The van der Waals surface area contributed by atoms with E-state index in [-0.39, 0.29) is 39.5 Å². The predicted molar refractivity (Wildman–Crippen MR) is 46.3 cm³/mol. The summed E-state index contributed by atoms with van der Waals surface area (Å²) in [6, 6.07) is 4.60. The SMILES string of the molecule is O=S([O-])c1ccc(Br)cc1Cl.[Na+]. The van der Waals surface area contributed by atoms with E-state index in [0.29, 0.717) is 0 Å². The topological polar surface area (TPSA) is 40.1 Å². The Hall–Kier alpha value is 1.10. The summed E-state index contributed by atoms with van der Waals surface area (Å²) in [6.45, 7) is 0. The molecule has 1 unspecified atom stereocenters. The van der Waals surface area contributed by atoms with Crippen molar-refractivity contribution < 1.29 is 38.3 Å². The Morgan fingerprint density at radius 3 is 2.50 bits per heavy atom. The molecule has 0 saturated carbocycles. The van der Waals surface area contributed by atoms with E-state index in [9.17, 15) is 8.76 Å². The third kappa shape index (κ3) is 3.46. The number of benzene rings is 1. The van der Waals surface area contributed by atoms with Crippen LogP contribution in [0.2, 0.25) is 5.02 Å². The molecule has 0 bridgehead atoms. The third-order valence-corrected chi connectivity index (χ3v) is 2.71. The van der Waals surface area contributed by atoms with E-state index in [1.54, 1.807) is 6.07 Å². The van der Waals surface area contributed by atoms with Crippen LogP contribution in [-0.2, 0) is 11.1 Å². The van der Waals surface area contributed by atoms with E-state index in [0.717, 1.165) is 4.47 Å². The normalized spacial score (nSPS) is 11.9. The Morgan fingerprint density at radius 1 is 1.50 bits per heavy atom. The molecule has 0 aliphatic rings. The smallest absolute Gasteiger partial charge is 0.768 e. The van der Waals surface area contributed by atoms with Crippen LogP contribution in [0.4, 0.5) is 0 Å². The standard InChI is InChI=1S/C6H4BrClO2S.Na/c7-4-1-2-6(11(9)10)5(8)3-4;/h1-3H,(H,9,10);/q;+1/p-1. The van der Waals surface area contributed by atoms with E-state index in [1.807, 2.05) is 0 Å². The van der Waals surface area contributed by atoms with Crippen LogP contribution < -0.4 is 29.6 Å². The van der Waals surface area contributed by atoms with Crippen molar-refractivity contribution in [3.63, 3.8) is 0 Å². The monoisotopic (exact) mass is 276 g/mol. The van der Waals surface area contributed by atoms with Crippen LogP contribution >= 0.6 is 27.5 Å². The zero-order valence-corrected chi connectivity index (χ0v) is 11.4. The minimum absolute atomic E-state index is 0. The molecule has 0 heterocycles. The van der Waals surface area contributed by atoms with Gasteiger partial charge in [-0.1, -0.05) is 27.5 Å². The van der Waals surface area contributed by atoms with Crippen molar-refractivity contribution in [2.45, 2.75) is 4.90 Å². The van der Waals surface area contributed by atoms with E-state index >= 15 is 0 Å². The molecule has 0 N–H and O–H groups in total. The van der Waals surface area contributed by atoms with Gasteiger partial charge in [0.2, 0.25) is 0 Å². The van der Waals surface area contributed by atoms with E-state index < -0.39 is 11.1 Å². The van der Waals surface area contributed by atoms with Crippen LogP contribution in [0.1, 0.15) is 0 Å². The Bertz CT molecular complexity index is 308. The average Bonchev–Trinajstić information content (AvgIpc) is 1.85. The molecule has 1 rings (SSSR count). The molecule has 0 aromatic heterocycles. The summed E-state index contributed by atoms with van der Waals surface area (Å²) in [7, 11) is 0. The molecular formula is C6H3BrClNaO2S. The second kappa shape index (κ2) is 5.75. The Labute approximate surface area is 108 Å². The van der Waals surface area contributed by atoms with Gasteiger partial charge in [0.05, 0.1) is 5.02 Å². The van der Waals surface area contributed by atoms with Gasteiger partial charge in [-0.3, -0.25) is 4.21 Å². The number of halogens is 2. The minimum atomic E-state index is -2.25. The first-order valence-electron chi connectivity index (χ1n) is 2.65. The number of rotatable bonds is 1. The fraction of sp³-hybridized carbons (Fsp3) is 0. The number of hydrogen-bond donors (Lipinski definition) is 0. The molecule has 6 heteroatoms. The van der Waals surface area contributed by atoms with E-state index in [1.165, 1.54) is 12.1 Å². The van der Waals surface area contributed by atoms with Crippen molar-refractivity contribution in [2.24, 2.45) is 0 Å². The van der Waals surface area contributed by atoms with Gasteiger partial charge < -0.3 is 4.55 Å². The fourth-order valence-electron chi connectivity index (χ4n) is 0.610. The third-order valence-electron chi connectivity index (χ3n) is 1.07. The quantitative estimate of drug-likeness (QED) is 0.505. The molecule has 0 spiro atoms. The zero-order valence-electron chi connectivity index (χ0n) is 6.21. The van der Waals surface area contributed by atoms with Gasteiger partial charge in [-0.25, -0.2) is 0 Å². The molecule has 2 nitrogen and oxygen atoms in total.